The van der Waals surface area contributed by atoms with Crippen molar-refractivity contribution in [2.75, 3.05) is 13.2 Å². The quantitative estimate of drug-likeness (QED) is 0.683. The van der Waals surface area contributed by atoms with Crippen LogP contribution in [0.2, 0.25) is 0 Å². The summed E-state index contributed by atoms with van der Waals surface area (Å²) in [5.74, 6) is 1.06. The molecule has 1 aliphatic rings. The molecule has 0 amide bonds. The van der Waals surface area contributed by atoms with E-state index in [0.717, 1.165) is 6.26 Å². The third-order valence-corrected chi connectivity index (χ3v) is 2.56. The van der Waals surface area contributed by atoms with Gasteiger partial charge in [-0.1, -0.05) is 0 Å². The molecule has 0 fully saturated rings. The third-order valence-electron chi connectivity index (χ3n) is 2.56. The minimum atomic E-state index is -0.356. The zero-order valence-corrected chi connectivity index (χ0v) is 8.73. The molecule has 0 radical (unpaired) electrons. The molecule has 0 saturated heterocycles. The second kappa shape index (κ2) is 3.52. The van der Waals surface area contributed by atoms with Gasteiger partial charge in [-0.3, -0.25) is 4.79 Å². The second-order valence-corrected chi connectivity index (χ2v) is 3.58. The van der Waals surface area contributed by atoms with Crippen molar-refractivity contribution in [2.45, 2.75) is 0 Å². The van der Waals surface area contributed by atoms with Crippen molar-refractivity contribution in [1.29, 1.82) is 5.26 Å². The van der Waals surface area contributed by atoms with Gasteiger partial charge in [-0.25, -0.2) is 0 Å². The van der Waals surface area contributed by atoms with E-state index >= 15 is 0 Å². The van der Waals surface area contributed by atoms with Crippen LogP contribution in [0.1, 0.15) is 5.56 Å². The lowest BCUT2D eigenvalue weighted by molar-refractivity contribution is 0.172. The average Bonchev–Trinajstić information content (AvgIpc) is 2.37. The van der Waals surface area contributed by atoms with Gasteiger partial charge in [-0.15, -0.1) is 0 Å². The number of nitriles is 1. The molecule has 1 aromatic heterocycles. The van der Waals surface area contributed by atoms with Crippen LogP contribution in [-0.4, -0.2) is 13.2 Å². The van der Waals surface area contributed by atoms with E-state index in [1.165, 1.54) is 0 Å². The molecule has 0 aliphatic carbocycles. The first-order valence-corrected chi connectivity index (χ1v) is 5.05. The van der Waals surface area contributed by atoms with Gasteiger partial charge in [0.05, 0.1) is 5.39 Å². The van der Waals surface area contributed by atoms with E-state index in [1.54, 1.807) is 18.2 Å². The lowest BCUT2D eigenvalue weighted by Gasteiger charge is -2.18. The Labute approximate surface area is 95.8 Å². The summed E-state index contributed by atoms with van der Waals surface area (Å²) in [4.78, 5) is 11.9. The van der Waals surface area contributed by atoms with Gasteiger partial charge in [0.25, 0.3) is 0 Å². The fourth-order valence-corrected chi connectivity index (χ4v) is 1.74. The van der Waals surface area contributed by atoms with E-state index < -0.39 is 0 Å². The minimum absolute atomic E-state index is 0.0193. The molecule has 0 atom stereocenters. The van der Waals surface area contributed by atoms with Gasteiger partial charge in [-0.05, 0) is 6.07 Å². The predicted molar refractivity (Wildman–Crippen MR) is 58.2 cm³/mol. The van der Waals surface area contributed by atoms with Gasteiger partial charge in [0.2, 0.25) is 5.43 Å². The van der Waals surface area contributed by atoms with E-state index in [1.807, 2.05) is 0 Å². The highest BCUT2D eigenvalue weighted by Gasteiger charge is 2.16. The fraction of sp³-hybridized carbons (Fsp3) is 0.167. The van der Waals surface area contributed by atoms with Crippen molar-refractivity contribution < 1.29 is 13.9 Å². The van der Waals surface area contributed by atoms with Gasteiger partial charge in [0.15, 0.2) is 11.5 Å². The second-order valence-electron chi connectivity index (χ2n) is 3.58. The molecule has 5 heteroatoms. The van der Waals surface area contributed by atoms with Crippen molar-refractivity contribution in [3.8, 4) is 17.6 Å². The number of benzene rings is 1. The summed E-state index contributed by atoms with van der Waals surface area (Å²) in [5.41, 5.74) is 0.0122. The lowest BCUT2D eigenvalue weighted by atomic mass is 10.1. The number of rotatable bonds is 0. The molecule has 2 aromatic rings. The molecule has 17 heavy (non-hydrogen) atoms. The van der Waals surface area contributed by atoms with Crippen molar-refractivity contribution >= 4 is 11.0 Å². The van der Waals surface area contributed by atoms with E-state index in [4.69, 9.17) is 19.2 Å². The Morgan fingerprint density at radius 3 is 2.59 bits per heavy atom. The summed E-state index contributed by atoms with van der Waals surface area (Å²) in [7, 11) is 0. The maximum atomic E-state index is 11.9. The summed E-state index contributed by atoms with van der Waals surface area (Å²) in [5, 5.41) is 9.08. The van der Waals surface area contributed by atoms with Crippen molar-refractivity contribution in [1.82, 2.24) is 0 Å². The van der Waals surface area contributed by atoms with E-state index in [2.05, 4.69) is 0 Å². The van der Waals surface area contributed by atoms with Crippen LogP contribution in [-0.2, 0) is 0 Å². The fourth-order valence-electron chi connectivity index (χ4n) is 1.74. The van der Waals surface area contributed by atoms with Gasteiger partial charge in [0, 0.05) is 6.07 Å². The van der Waals surface area contributed by atoms with Gasteiger partial charge in [0.1, 0.15) is 36.7 Å². The van der Waals surface area contributed by atoms with Crippen LogP contribution >= 0.6 is 0 Å². The van der Waals surface area contributed by atoms with E-state index in [9.17, 15) is 4.79 Å². The number of hydrogen-bond acceptors (Lipinski definition) is 5. The summed E-state index contributed by atoms with van der Waals surface area (Å²) in [6, 6.07) is 4.94. The molecule has 1 aromatic carbocycles. The minimum Gasteiger partial charge on any atom is -0.486 e. The maximum Gasteiger partial charge on any atom is 0.210 e. The van der Waals surface area contributed by atoms with Crippen molar-refractivity contribution in [2.24, 2.45) is 0 Å². The molecule has 0 N–H and O–H groups in total. The largest absolute Gasteiger partial charge is 0.486 e. The molecular formula is C12H7NO4. The Bertz CT molecular complexity index is 696. The van der Waals surface area contributed by atoms with Crippen molar-refractivity contribution in [3.05, 3.63) is 34.2 Å². The summed E-state index contributed by atoms with van der Waals surface area (Å²) in [6.07, 6.45) is 1.15. The van der Waals surface area contributed by atoms with Crippen LogP contribution in [0.15, 0.2) is 27.6 Å². The van der Waals surface area contributed by atoms with Crippen LogP contribution < -0.4 is 14.9 Å². The van der Waals surface area contributed by atoms with Crippen LogP contribution in [0.4, 0.5) is 0 Å². The predicted octanol–water partition coefficient (Wildman–Crippen LogP) is 1.44. The standard InChI is InChI=1S/C12H7NO4/c13-5-7-6-17-9-4-11-10(15-1-2-16-11)3-8(9)12(7)14/h3-4,6H,1-2H2. The first-order valence-electron chi connectivity index (χ1n) is 5.05. The highest BCUT2D eigenvalue weighted by Crippen LogP contribution is 2.33. The normalized spacial score (nSPS) is 13.4. The zero-order valence-electron chi connectivity index (χ0n) is 8.73. The molecule has 1 aliphatic heterocycles. The number of hydrogen-bond donors (Lipinski definition) is 0. The topological polar surface area (TPSA) is 72.5 Å². The highest BCUT2D eigenvalue weighted by atomic mass is 16.6. The molecule has 84 valence electrons. The lowest BCUT2D eigenvalue weighted by Crippen LogP contribution is -2.16. The Morgan fingerprint density at radius 2 is 1.88 bits per heavy atom. The first-order chi connectivity index (χ1) is 8.29. The van der Waals surface area contributed by atoms with E-state index in [-0.39, 0.29) is 11.0 Å². The summed E-state index contributed by atoms with van der Waals surface area (Å²) in [6.45, 7) is 0.917. The first kappa shape index (κ1) is 9.73. The smallest absolute Gasteiger partial charge is 0.210 e. The molecule has 0 bridgehead atoms. The number of nitrogens with zero attached hydrogens (tertiary/aromatic N) is 1. The van der Waals surface area contributed by atoms with Crippen LogP contribution in [0, 0.1) is 11.3 Å². The number of ether oxygens (including phenoxy) is 2. The molecular weight excluding hydrogens is 222 g/mol. The van der Waals surface area contributed by atoms with Gasteiger partial charge < -0.3 is 13.9 Å². The van der Waals surface area contributed by atoms with Gasteiger partial charge in [-0.2, -0.15) is 5.26 Å². The molecule has 5 nitrogen and oxygen atoms in total. The van der Waals surface area contributed by atoms with Crippen LogP contribution in [0.5, 0.6) is 11.5 Å². The SMILES string of the molecule is N#Cc1coc2cc3c(cc2c1=O)OCCO3. The van der Waals surface area contributed by atoms with E-state index in [0.29, 0.717) is 35.7 Å². The van der Waals surface area contributed by atoms with Crippen molar-refractivity contribution in [3.63, 3.8) is 0 Å². The monoisotopic (exact) mass is 229 g/mol. The maximum absolute atomic E-state index is 11.9. The Kier molecular flexibility index (Phi) is 2.02. The van der Waals surface area contributed by atoms with Gasteiger partial charge >= 0.3 is 0 Å². The Hall–Kier alpha value is -2.48. The van der Waals surface area contributed by atoms with Crippen LogP contribution in [0.3, 0.4) is 0 Å². The molecule has 3 rings (SSSR count). The molecule has 0 saturated carbocycles. The molecule has 0 spiro atoms. The Balaban J connectivity index is 2.35. The summed E-state index contributed by atoms with van der Waals surface area (Å²) < 4.78 is 16.0. The van der Waals surface area contributed by atoms with Crippen LogP contribution in [0.25, 0.3) is 11.0 Å². The third kappa shape index (κ3) is 1.42. The average molecular weight is 229 g/mol. The zero-order chi connectivity index (χ0) is 11.8. The molecule has 0 unspecified atom stereocenters. The molecule has 2 heterocycles. The Morgan fingerprint density at radius 1 is 1.18 bits per heavy atom. The summed E-state index contributed by atoms with van der Waals surface area (Å²) >= 11 is 0. The highest BCUT2D eigenvalue weighted by molar-refractivity contribution is 5.81. The number of fused-ring (bicyclic) bond motifs is 2.